The number of rotatable bonds is 11. The maximum atomic E-state index is 12.6. The van der Waals surface area contributed by atoms with E-state index in [0.717, 1.165) is 20.1 Å². The zero-order valence-electron chi connectivity index (χ0n) is 25.2. The van der Waals surface area contributed by atoms with Crippen LogP contribution in [0, 0.1) is 0 Å². The van der Waals surface area contributed by atoms with Gasteiger partial charge < -0.3 is 33.9 Å². The molecule has 0 spiro atoms. The van der Waals surface area contributed by atoms with Gasteiger partial charge in [0.05, 0.1) is 34.9 Å². The molecule has 0 aliphatic rings. The third-order valence-corrected chi connectivity index (χ3v) is 9.24. The van der Waals surface area contributed by atoms with Crippen LogP contribution in [0.4, 0.5) is 17.1 Å². The SMILES string of the molecule is COc1cc(N=Nc2c(S(=O)(=O)[O-])cc3cc(S(=O)(=O)[O-])cc(NC(C)=O)c3c2O)c(O)cc1S(=O)(=O)CCOS(=O)(=O)[O-].[Cu].[Na+].[Na+].[Na+]. The number of carbonyl (C=O) groups excluding carboxylic acids is 1. The molecule has 0 aromatic heterocycles. The van der Waals surface area contributed by atoms with Gasteiger partial charge in [0.25, 0.3) is 0 Å². The first-order valence-corrected chi connectivity index (χ1v) is 17.0. The van der Waals surface area contributed by atoms with Crippen molar-refractivity contribution in [2.75, 3.05) is 24.8 Å². The second-order valence-electron chi connectivity index (χ2n) is 8.47. The van der Waals surface area contributed by atoms with Crippen molar-refractivity contribution in [1.29, 1.82) is 0 Å². The number of nitrogens with zero attached hydrogens (tertiary/aromatic N) is 2. The largest absolute Gasteiger partial charge is 1.00 e. The zero-order valence-corrected chi connectivity index (χ0v) is 35.4. The predicted octanol–water partition coefficient (Wildman–Crippen LogP) is -8.30. The van der Waals surface area contributed by atoms with Crippen LogP contribution < -0.4 is 98.7 Å². The van der Waals surface area contributed by atoms with Crippen molar-refractivity contribution in [2.45, 2.75) is 21.6 Å². The number of anilines is 1. The molecule has 0 aliphatic heterocycles. The summed E-state index contributed by atoms with van der Waals surface area (Å²) in [5, 5.41) is 29.6. The van der Waals surface area contributed by atoms with Crippen molar-refractivity contribution in [3.63, 3.8) is 0 Å². The predicted molar refractivity (Wildman–Crippen MR) is 142 cm³/mol. The van der Waals surface area contributed by atoms with E-state index >= 15 is 0 Å². The Labute approximate surface area is 351 Å². The van der Waals surface area contributed by atoms with Gasteiger partial charge >= 0.3 is 88.7 Å². The molecule has 0 saturated heterocycles. The fourth-order valence-corrected chi connectivity index (χ4v) is 6.50. The van der Waals surface area contributed by atoms with Gasteiger partial charge in [-0.15, -0.1) is 10.2 Å². The monoisotopic (exact) mass is 828 g/mol. The quantitative estimate of drug-likeness (QED) is 0.0699. The third kappa shape index (κ3) is 12.6. The molecule has 0 aliphatic carbocycles. The first-order valence-electron chi connectivity index (χ1n) is 11.2. The molecule has 1 radical (unpaired) electrons. The topological polar surface area (TPSA) is 318 Å². The number of hydrogen-bond donors (Lipinski definition) is 3. The van der Waals surface area contributed by atoms with E-state index < -0.39 is 119 Å². The number of amides is 1. The summed E-state index contributed by atoms with van der Waals surface area (Å²) < 4.78 is 137. The van der Waals surface area contributed by atoms with Gasteiger partial charge in [0, 0.05) is 41.5 Å². The molecule has 0 heterocycles. The number of phenolic OH excluding ortho intramolecular Hbond substituents is 2. The van der Waals surface area contributed by atoms with E-state index in [4.69, 9.17) is 4.74 Å². The van der Waals surface area contributed by atoms with Crippen molar-refractivity contribution in [3.05, 3.63) is 30.3 Å². The van der Waals surface area contributed by atoms with Crippen molar-refractivity contribution < 1.29 is 177 Å². The minimum Gasteiger partial charge on any atom is -0.744 e. The van der Waals surface area contributed by atoms with Gasteiger partial charge in [-0.3, -0.25) is 8.98 Å². The van der Waals surface area contributed by atoms with Crippen molar-refractivity contribution in [3.8, 4) is 17.2 Å². The van der Waals surface area contributed by atoms with Gasteiger partial charge in [0.2, 0.25) is 16.3 Å². The molecular formula is C21H18CuN3Na3O16S4. The Morgan fingerprint density at radius 2 is 1.44 bits per heavy atom. The standard InChI is InChI=1S/C21H21N3O16S4.Cu.3Na/c1-10(25)22-14-7-12(42(30,31)32)5-11-6-18(43(33,34)35)20(21(27)19(11)14)24-23-13-8-16(39-2)17(9-15(13)26)41(28,29)4-3-40-44(36,37)38;;;;/h5-9,26-27H,3-4H2,1-2H3,(H,22,25)(H,30,31,32)(H,33,34,35)(H,36,37,38);;;;/q;;3*+1/p-3. The molecule has 0 unspecified atom stereocenters. The van der Waals surface area contributed by atoms with Crippen LogP contribution in [-0.2, 0) is 66.5 Å². The number of aromatic hydroxyl groups is 2. The Morgan fingerprint density at radius 3 is 1.92 bits per heavy atom. The van der Waals surface area contributed by atoms with Gasteiger partial charge in [0.1, 0.15) is 48.0 Å². The van der Waals surface area contributed by atoms with Gasteiger partial charge in [-0.1, -0.05) is 0 Å². The van der Waals surface area contributed by atoms with Crippen LogP contribution in [0.15, 0.2) is 55.2 Å². The van der Waals surface area contributed by atoms with E-state index in [1.807, 2.05) is 0 Å². The van der Waals surface area contributed by atoms with Gasteiger partial charge in [0.15, 0.2) is 15.6 Å². The van der Waals surface area contributed by atoms with E-state index in [-0.39, 0.29) is 106 Å². The van der Waals surface area contributed by atoms with E-state index in [1.165, 1.54) is 0 Å². The number of azo groups is 1. The van der Waals surface area contributed by atoms with E-state index in [9.17, 15) is 62.3 Å². The van der Waals surface area contributed by atoms with Crippen molar-refractivity contribution >= 4 is 74.2 Å². The molecule has 0 saturated carbocycles. The average Bonchev–Trinajstić information content (AvgIpc) is 2.85. The number of nitrogens with one attached hydrogen (secondary N) is 1. The summed E-state index contributed by atoms with van der Waals surface area (Å²) >= 11 is 0. The Balaban J connectivity index is 0. The number of phenols is 2. The fraction of sp³-hybridized carbons (Fsp3) is 0.190. The summed E-state index contributed by atoms with van der Waals surface area (Å²) in [6.45, 7) is -0.0902. The second kappa shape index (κ2) is 18.9. The summed E-state index contributed by atoms with van der Waals surface area (Å²) in [5.74, 6) is -4.46. The number of ether oxygens (including phenoxy) is 1. The number of hydrogen-bond acceptors (Lipinski definition) is 18. The zero-order chi connectivity index (χ0) is 33.4. The molecule has 0 bridgehead atoms. The molecule has 1 amide bonds. The third-order valence-electron chi connectivity index (χ3n) is 5.43. The first-order chi connectivity index (χ1) is 20.0. The molecule has 3 aromatic carbocycles. The molecule has 3 N–H and O–H groups in total. The van der Waals surface area contributed by atoms with Crippen molar-refractivity contribution in [2.24, 2.45) is 10.2 Å². The maximum Gasteiger partial charge on any atom is 1.00 e. The summed E-state index contributed by atoms with van der Waals surface area (Å²) in [7, 11) is -19.4. The molecule has 0 fully saturated rings. The maximum absolute atomic E-state index is 12.6. The molecule has 3 rings (SSSR count). The smallest absolute Gasteiger partial charge is 0.744 e. The number of methoxy groups -OCH3 is 1. The van der Waals surface area contributed by atoms with Gasteiger partial charge in [-0.2, -0.15) is 0 Å². The number of sulfone groups is 1. The number of fused-ring (bicyclic) bond motifs is 1. The van der Waals surface area contributed by atoms with Crippen LogP contribution in [0.1, 0.15) is 6.92 Å². The van der Waals surface area contributed by atoms with Crippen LogP contribution in [0.3, 0.4) is 0 Å². The summed E-state index contributed by atoms with van der Waals surface area (Å²) in [4.78, 5) is 8.76. The molecule has 3 aromatic rings. The van der Waals surface area contributed by atoms with E-state index in [2.05, 4.69) is 19.7 Å². The Morgan fingerprint density at radius 1 is 0.854 bits per heavy atom. The minimum absolute atomic E-state index is 0. The first kappa shape index (κ1) is 49.7. The van der Waals surface area contributed by atoms with Gasteiger partial charge in [-0.25, -0.2) is 33.7 Å². The summed E-state index contributed by atoms with van der Waals surface area (Å²) in [6.07, 6.45) is 0. The minimum atomic E-state index is -5.53. The Kier molecular flexibility index (Phi) is 19.5. The van der Waals surface area contributed by atoms with Crippen LogP contribution >= 0.6 is 0 Å². The van der Waals surface area contributed by atoms with Gasteiger partial charge in [-0.05, 0) is 23.6 Å². The Bertz CT molecular complexity index is 2170. The summed E-state index contributed by atoms with van der Waals surface area (Å²) in [5.41, 5.74) is -2.19. The van der Waals surface area contributed by atoms with Crippen LogP contribution in [0.2, 0.25) is 0 Å². The molecule has 48 heavy (non-hydrogen) atoms. The fourth-order valence-electron chi connectivity index (χ4n) is 3.66. The number of benzene rings is 3. The summed E-state index contributed by atoms with van der Waals surface area (Å²) in [6, 6.07) is 3.19. The normalized spacial score (nSPS) is 11.9. The van der Waals surface area contributed by atoms with E-state index in [0.29, 0.717) is 24.3 Å². The molecule has 27 heteroatoms. The van der Waals surface area contributed by atoms with Crippen LogP contribution in [0.5, 0.6) is 17.2 Å². The van der Waals surface area contributed by atoms with E-state index in [1.54, 1.807) is 0 Å². The Hall–Kier alpha value is -0.451. The van der Waals surface area contributed by atoms with Crippen LogP contribution in [-0.4, -0.2) is 82.9 Å². The molecule has 19 nitrogen and oxygen atoms in total. The second-order valence-corrected chi connectivity index (χ2v) is 14.3. The van der Waals surface area contributed by atoms with Crippen LogP contribution in [0.25, 0.3) is 10.8 Å². The number of carbonyl (C=O) groups is 1. The van der Waals surface area contributed by atoms with Crippen molar-refractivity contribution in [1.82, 2.24) is 0 Å². The average molecular weight is 829 g/mol. The molecule has 0 atom stereocenters. The molecular weight excluding hydrogens is 811 g/mol. The molecule has 251 valence electrons.